The van der Waals surface area contributed by atoms with E-state index in [9.17, 15) is 0 Å². The fourth-order valence-electron chi connectivity index (χ4n) is 3.96. The Morgan fingerprint density at radius 2 is 1.88 bits per heavy atom. The Labute approximate surface area is 101 Å². The van der Waals surface area contributed by atoms with Crippen molar-refractivity contribution < 1.29 is 0 Å². The van der Waals surface area contributed by atoms with E-state index in [0.717, 1.165) is 29.7 Å². The van der Waals surface area contributed by atoms with E-state index in [1.165, 1.54) is 32.1 Å². The molecule has 6 atom stereocenters. The molecular formula is C15H29N. The summed E-state index contributed by atoms with van der Waals surface area (Å²) >= 11 is 0. The van der Waals surface area contributed by atoms with Crippen LogP contribution in [0.3, 0.4) is 0 Å². The van der Waals surface area contributed by atoms with Crippen LogP contribution in [-0.4, -0.2) is 12.1 Å². The molecule has 16 heavy (non-hydrogen) atoms. The van der Waals surface area contributed by atoms with Gasteiger partial charge < -0.3 is 5.32 Å². The van der Waals surface area contributed by atoms with Crippen molar-refractivity contribution in [2.24, 2.45) is 23.7 Å². The molecule has 1 nitrogen and oxygen atoms in total. The molecule has 0 spiro atoms. The van der Waals surface area contributed by atoms with Crippen LogP contribution in [0.15, 0.2) is 0 Å². The minimum atomic E-state index is 0.680. The summed E-state index contributed by atoms with van der Waals surface area (Å²) in [4.78, 5) is 0. The lowest BCUT2D eigenvalue weighted by molar-refractivity contribution is 0.230. The highest BCUT2D eigenvalue weighted by Gasteiger charge is 2.41. The SMILES string of the molecule is CCC(C)C(C)NC(C)C1CC2CCC1C2. The summed E-state index contributed by atoms with van der Waals surface area (Å²) in [6.45, 7) is 9.44. The van der Waals surface area contributed by atoms with E-state index in [2.05, 4.69) is 33.0 Å². The fourth-order valence-corrected chi connectivity index (χ4v) is 3.96. The van der Waals surface area contributed by atoms with Gasteiger partial charge in [0.1, 0.15) is 0 Å². The monoisotopic (exact) mass is 223 g/mol. The van der Waals surface area contributed by atoms with Gasteiger partial charge >= 0.3 is 0 Å². The zero-order chi connectivity index (χ0) is 11.7. The quantitative estimate of drug-likeness (QED) is 0.747. The van der Waals surface area contributed by atoms with E-state index in [-0.39, 0.29) is 0 Å². The van der Waals surface area contributed by atoms with Crippen LogP contribution in [0.5, 0.6) is 0 Å². The molecule has 2 fully saturated rings. The van der Waals surface area contributed by atoms with Gasteiger partial charge in [0.05, 0.1) is 0 Å². The first kappa shape index (κ1) is 12.4. The number of rotatable bonds is 5. The highest BCUT2D eigenvalue weighted by Crippen LogP contribution is 2.49. The van der Waals surface area contributed by atoms with E-state index in [0.29, 0.717) is 6.04 Å². The molecule has 0 heterocycles. The van der Waals surface area contributed by atoms with E-state index >= 15 is 0 Å². The summed E-state index contributed by atoms with van der Waals surface area (Å²) in [7, 11) is 0. The van der Waals surface area contributed by atoms with Crippen LogP contribution in [0.1, 0.15) is 59.8 Å². The highest BCUT2D eigenvalue weighted by molar-refractivity contribution is 4.94. The van der Waals surface area contributed by atoms with Crippen molar-refractivity contribution in [3.05, 3.63) is 0 Å². The summed E-state index contributed by atoms with van der Waals surface area (Å²) < 4.78 is 0. The van der Waals surface area contributed by atoms with Crippen LogP contribution in [0.25, 0.3) is 0 Å². The first-order valence-corrected chi connectivity index (χ1v) is 7.37. The van der Waals surface area contributed by atoms with Gasteiger partial charge in [-0.3, -0.25) is 0 Å². The third-order valence-corrected chi connectivity index (χ3v) is 5.46. The maximum absolute atomic E-state index is 3.86. The normalized spacial score (nSPS) is 38.6. The Bertz CT molecular complexity index is 225. The first-order valence-electron chi connectivity index (χ1n) is 7.37. The van der Waals surface area contributed by atoms with Crippen molar-refractivity contribution in [3.8, 4) is 0 Å². The molecule has 0 aromatic carbocycles. The van der Waals surface area contributed by atoms with Gasteiger partial charge in [0, 0.05) is 12.1 Å². The predicted octanol–water partition coefficient (Wildman–Crippen LogP) is 3.84. The van der Waals surface area contributed by atoms with E-state index in [1.807, 2.05) is 0 Å². The van der Waals surface area contributed by atoms with Gasteiger partial charge in [0.25, 0.3) is 0 Å². The summed E-state index contributed by atoms with van der Waals surface area (Å²) in [6, 6.07) is 1.42. The second-order valence-electron chi connectivity index (χ2n) is 6.47. The van der Waals surface area contributed by atoms with Crippen molar-refractivity contribution in [3.63, 3.8) is 0 Å². The second kappa shape index (κ2) is 5.08. The van der Waals surface area contributed by atoms with Gasteiger partial charge in [-0.25, -0.2) is 0 Å². The summed E-state index contributed by atoms with van der Waals surface area (Å²) in [6.07, 6.45) is 7.37. The average Bonchev–Trinajstić information content (AvgIpc) is 2.89. The van der Waals surface area contributed by atoms with Gasteiger partial charge in [0.15, 0.2) is 0 Å². The van der Waals surface area contributed by atoms with Crippen LogP contribution < -0.4 is 5.32 Å². The van der Waals surface area contributed by atoms with Gasteiger partial charge in [-0.15, -0.1) is 0 Å². The molecule has 1 N–H and O–H groups in total. The zero-order valence-electron chi connectivity index (χ0n) is 11.5. The van der Waals surface area contributed by atoms with Gasteiger partial charge in [-0.05, 0) is 56.8 Å². The Hall–Kier alpha value is -0.0400. The minimum Gasteiger partial charge on any atom is -0.311 e. The second-order valence-corrected chi connectivity index (χ2v) is 6.47. The van der Waals surface area contributed by atoms with E-state index in [1.54, 1.807) is 0 Å². The van der Waals surface area contributed by atoms with Crippen molar-refractivity contribution in [1.82, 2.24) is 5.32 Å². The molecular weight excluding hydrogens is 194 g/mol. The molecule has 0 aromatic heterocycles. The number of nitrogens with one attached hydrogen (secondary N) is 1. The van der Waals surface area contributed by atoms with Crippen LogP contribution >= 0.6 is 0 Å². The summed E-state index contributed by atoms with van der Waals surface area (Å²) in [5.41, 5.74) is 0. The van der Waals surface area contributed by atoms with E-state index < -0.39 is 0 Å². The molecule has 0 aliphatic heterocycles. The molecule has 0 amide bonds. The fraction of sp³-hybridized carbons (Fsp3) is 1.00. The Balaban J connectivity index is 1.82. The minimum absolute atomic E-state index is 0.680. The van der Waals surface area contributed by atoms with Gasteiger partial charge in [-0.2, -0.15) is 0 Å². The zero-order valence-corrected chi connectivity index (χ0v) is 11.5. The number of hydrogen-bond donors (Lipinski definition) is 1. The molecule has 0 radical (unpaired) electrons. The number of fused-ring (bicyclic) bond motifs is 2. The Morgan fingerprint density at radius 1 is 1.12 bits per heavy atom. The lowest BCUT2D eigenvalue weighted by Gasteiger charge is -2.32. The maximum Gasteiger partial charge on any atom is 0.00723 e. The molecule has 2 rings (SSSR count). The third kappa shape index (κ3) is 2.45. The van der Waals surface area contributed by atoms with Crippen LogP contribution in [0, 0.1) is 23.7 Å². The molecule has 1 heteroatoms. The molecule has 2 saturated carbocycles. The molecule has 2 aliphatic rings. The molecule has 0 aromatic rings. The van der Waals surface area contributed by atoms with Crippen molar-refractivity contribution in [2.45, 2.75) is 71.9 Å². The van der Waals surface area contributed by atoms with E-state index in [4.69, 9.17) is 0 Å². The average molecular weight is 223 g/mol. The predicted molar refractivity (Wildman–Crippen MR) is 70.5 cm³/mol. The van der Waals surface area contributed by atoms with Gasteiger partial charge in [-0.1, -0.05) is 26.7 Å². The Kier molecular flexibility index (Phi) is 3.94. The largest absolute Gasteiger partial charge is 0.311 e. The lowest BCUT2D eigenvalue weighted by Crippen LogP contribution is -2.43. The highest BCUT2D eigenvalue weighted by atomic mass is 15.0. The smallest absolute Gasteiger partial charge is 0.00723 e. The van der Waals surface area contributed by atoms with Crippen molar-refractivity contribution >= 4 is 0 Å². The molecule has 0 saturated heterocycles. The van der Waals surface area contributed by atoms with Crippen molar-refractivity contribution in [2.75, 3.05) is 0 Å². The van der Waals surface area contributed by atoms with Crippen molar-refractivity contribution in [1.29, 1.82) is 0 Å². The standard InChI is InChI=1S/C15H29N/c1-5-10(2)11(3)16-12(4)15-9-13-6-7-14(15)8-13/h10-16H,5-9H2,1-4H3. The summed E-state index contributed by atoms with van der Waals surface area (Å²) in [5.74, 6) is 3.92. The summed E-state index contributed by atoms with van der Waals surface area (Å²) in [5, 5.41) is 3.86. The maximum atomic E-state index is 3.86. The molecule has 6 unspecified atom stereocenters. The topological polar surface area (TPSA) is 12.0 Å². The van der Waals surface area contributed by atoms with Crippen LogP contribution in [0.4, 0.5) is 0 Å². The van der Waals surface area contributed by atoms with Crippen LogP contribution in [-0.2, 0) is 0 Å². The Morgan fingerprint density at radius 3 is 2.38 bits per heavy atom. The lowest BCUT2D eigenvalue weighted by atomic mass is 9.83. The third-order valence-electron chi connectivity index (χ3n) is 5.46. The van der Waals surface area contributed by atoms with Gasteiger partial charge in [0.2, 0.25) is 0 Å². The van der Waals surface area contributed by atoms with Crippen LogP contribution in [0.2, 0.25) is 0 Å². The molecule has 2 bridgehead atoms. The molecule has 2 aliphatic carbocycles. The molecule has 94 valence electrons. The first-order chi connectivity index (χ1) is 7.61. The number of hydrogen-bond acceptors (Lipinski definition) is 1.